The van der Waals surface area contributed by atoms with Crippen molar-refractivity contribution in [3.8, 4) is 26.3 Å². The van der Waals surface area contributed by atoms with Crippen LogP contribution in [0.5, 0.6) is 0 Å². The van der Waals surface area contributed by atoms with Crippen molar-refractivity contribution in [1.82, 2.24) is 0 Å². The van der Waals surface area contributed by atoms with E-state index in [1.807, 2.05) is 12.1 Å². The molecule has 0 radical (unpaired) electrons. The monoisotopic (exact) mass is 1080 g/mol. The predicted molar refractivity (Wildman–Crippen MR) is 269 cm³/mol. The first-order valence-electron chi connectivity index (χ1n) is 18.8. The predicted octanol–water partition coefficient (Wildman–Crippen LogP) is 17.4. The first-order chi connectivity index (χ1) is 29.7. The molecule has 9 rings (SSSR count). The summed E-state index contributed by atoms with van der Waals surface area (Å²) in [5.41, 5.74) is 6.65. The van der Waals surface area contributed by atoms with E-state index in [1.54, 1.807) is 17.4 Å². The minimum atomic E-state index is -1.28. The molecule has 0 aliphatic heterocycles. The SMILES string of the molecule is N#C/C(=C/c1sc(-c2sc(-c3cc(N(c4ccccc4)c4cccc5ccccc45)cc(N(c4ccccc4)c4cccc5ccccc45)c3)c(Br)c2Br)c(Br)c1Br)C(=O)O. The molecule has 1 N–H and O–H groups in total. The van der Waals surface area contributed by atoms with Crippen molar-refractivity contribution >= 4 is 154 Å². The second-order valence-electron chi connectivity index (χ2n) is 13.9. The van der Waals surface area contributed by atoms with E-state index < -0.39 is 5.97 Å². The van der Waals surface area contributed by atoms with Crippen molar-refractivity contribution in [2.45, 2.75) is 0 Å². The molecule has 7 aromatic carbocycles. The second kappa shape index (κ2) is 17.6. The molecular formula is C50H29Br4N3O2S2. The van der Waals surface area contributed by atoms with Crippen molar-refractivity contribution in [3.63, 3.8) is 0 Å². The van der Waals surface area contributed by atoms with Gasteiger partial charge >= 0.3 is 5.97 Å². The Morgan fingerprint density at radius 2 is 0.967 bits per heavy atom. The number of nitrogens with zero attached hydrogens (tertiary/aromatic N) is 3. The number of carboxylic acids is 1. The Morgan fingerprint density at radius 3 is 1.48 bits per heavy atom. The second-order valence-corrected chi connectivity index (χ2v) is 19.1. The van der Waals surface area contributed by atoms with Crippen LogP contribution in [0.1, 0.15) is 4.88 Å². The quantitative estimate of drug-likeness (QED) is 0.109. The summed E-state index contributed by atoms with van der Waals surface area (Å²) in [5, 5.41) is 23.7. The molecule has 11 heteroatoms. The van der Waals surface area contributed by atoms with Gasteiger partial charge in [0.05, 0.1) is 43.9 Å². The molecule has 0 aliphatic rings. The first-order valence-corrected chi connectivity index (χ1v) is 23.6. The van der Waals surface area contributed by atoms with Crippen LogP contribution in [0.3, 0.4) is 0 Å². The molecule has 0 aliphatic carbocycles. The first kappa shape index (κ1) is 41.1. The lowest BCUT2D eigenvalue weighted by atomic mass is 10.0. The summed E-state index contributed by atoms with van der Waals surface area (Å²) in [6.07, 6.45) is 1.40. The van der Waals surface area contributed by atoms with Gasteiger partial charge in [0.15, 0.2) is 0 Å². The summed E-state index contributed by atoms with van der Waals surface area (Å²) in [7, 11) is 0. The van der Waals surface area contributed by atoms with Gasteiger partial charge in [0, 0.05) is 38.4 Å². The minimum Gasteiger partial charge on any atom is -0.477 e. The van der Waals surface area contributed by atoms with E-state index in [0.717, 1.165) is 89.3 Å². The van der Waals surface area contributed by atoms with E-state index in [-0.39, 0.29) is 5.57 Å². The lowest BCUT2D eigenvalue weighted by Gasteiger charge is -2.31. The fraction of sp³-hybridized carbons (Fsp3) is 0. The highest BCUT2D eigenvalue weighted by atomic mass is 79.9. The fourth-order valence-corrected chi connectivity index (χ4v) is 13.0. The van der Waals surface area contributed by atoms with Gasteiger partial charge in [-0.05, 0) is 141 Å². The third-order valence-corrected chi connectivity index (χ3v) is 18.0. The summed E-state index contributed by atoms with van der Waals surface area (Å²) in [4.78, 5) is 19.9. The molecule has 2 heterocycles. The molecular weight excluding hydrogens is 1060 g/mol. The number of halogens is 4. The van der Waals surface area contributed by atoms with Crippen LogP contribution in [0.4, 0.5) is 34.1 Å². The Morgan fingerprint density at radius 1 is 0.525 bits per heavy atom. The minimum absolute atomic E-state index is 0.346. The van der Waals surface area contributed by atoms with Crippen LogP contribution < -0.4 is 9.80 Å². The zero-order valence-electron chi connectivity index (χ0n) is 31.7. The van der Waals surface area contributed by atoms with Crippen molar-refractivity contribution in [3.05, 3.63) is 192 Å². The number of carbonyl (C=O) groups is 1. The van der Waals surface area contributed by atoms with E-state index in [1.165, 1.54) is 17.4 Å². The lowest BCUT2D eigenvalue weighted by Crippen LogP contribution is -2.14. The molecule has 5 nitrogen and oxygen atoms in total. The largest absolute Gasteiger partial charge is 0.477 e. The number of aliphatic carboxylic acids is 1. The van der Waals surface area contributed by atoms with E-state index in [2.05, 4.69) is 225 Å². The normalized spacial score (nSPS) is 11.5. The van der Waals surface area contributed by atoms with Gasteiger partial charge in [-0.3, -0.25) is 0 Å². The van der Waals surface area contributed by atoms with Gasteiger partial charge < -0.3 is 14.9 Å². The van der Waals surface area contributed by atoms with Gasteiger partial charge in [0.25, 0.3) is 0 Å². The lowest BCUT2D eigenvalue weighted by molar-refractivity contribution is -0.132. The Kier molecular flexibility index (Phi) is 11.8. The summed E-state index contributed by atoms with van der Waals surface area (Å²) in [6.45, 7) is 0. The Bertz CT molecular complexity index is 3060. The summed E-state index contributed by atoms with van der Waals surface area (Å²) in [5.74, 6) is -1.28. The molecule has 0 spiro atoms. The Labute approximate surface area is 394 Å². The zero-order chi connectivity index (χ0) is 42.2. The van der Waals surface area contributed by atoms with Crippen LogP contribution in [-0.2, 0) is 4.79 Å². The van der Waals surface area contributed by atoms with Gasteiger partial charge in [-0.1, -0.05) is 109 Å². The Balaban J connectivity index is 1.33. The zero-order valence-corrected chi connectivity index (χ0v) is 39.7. The highest BCUT2D eigenvalue weighted by molar-refractivity contribution is 9.13. The molecule has 296 valence electrons. The molecule has 0 atom stereocenters. The molecule has 0 saturated heterocycles. The maximum Gasteiger partial charge on any atom is 0.346 e. The third-order valence-electron chi connectivity index (χ3n) is 10.2. The summed E-state index contributed by atoms with van der Waals surface area (Å²) in [6, 6.07) is 59.3. The van der Waals surface area contributed by atoms with Crippen LogP contribution in [0.2, 0.25) is 0 Å². The summed E-state index contributed by atoms with van der Waals surface area (Å²) >= 11 is 18.4. The van der Waals surface area contributed by atoms with Crippen molar-refractivity contribution in [1.29, 1.82) is 5.26 Å². The van der Waals surface area contributed by atoms with E-state index in [9.17, 15) is 15.2 Å². The highest BCUT2D eigenvalue weighted by Crippen LogP contribution is 2.55. The summed E-state index contributed by atoms with van der Waals surface area (Å²) < 4.78 is 3.16. The van der Waals surface area contributed by atoms with Crippen LogP contribution in [0.15, 0.2) is 187 Å². The number of benzene rings is 7. The topological polar surface area (TPSA) is 67.6 Å². The van der Waals surface area contributed by atoms with E-state index >= 15 is 0 Å². The average Bonchev–Trinajstić information content (AvgIpc) is 3.74. The van der Waals surface area contributed by atoms with Crippen LogP contribution in [0.25, 0.3) is 47.8 Å². The van der Waals surface area contributed by atoms with Gasteiger partial charge in [0.1, 0.15) is 11.6 Å². The van der Waals surface area contributed by atoms with Crippen molar-refractivity contribution in [2.75, 3.05) is 9.80 Å². The number of para-hydroxylation sites is 2. The molecule has 2 aromatic heterocycles. The molecule has 0 saturated carbocycles. The third kappa shape index (κ3) is 7.89. The smallest absolute Gasteiger partial charge is 0.346 e. The molecule has 9 aromatic rings. The van der Waals surface area contributed by atoms with Gasteiger partial charge in [0.2, 0.25) is 0 Å². The van der Waals surface area contributed by atoms with Gasteiger partial charge in [-0.15, -0.1) is 22.7 Å². The van der Waals surface area contributed by atoms with Gasteiger partial charge in [-0.25, -0.2) is 4.79 Å². The Hall–Kier alpha value is -5.32. The van der Waals surface area contributed by atoms with Gasteiger partial charge in [-0.2, -0.15) is 5.26 Å². The number of hydrogen-bond acceptors (Lipinski definition) is 6. The number of hydrogen-bond donors (Lipinski definition) is 1. The van der Waals surface area contributed by atoms with Crippen molar-refractivity contribution in [2.24, 2.45) is 0 Å². The number of anilines is 6. The fourth-order valence-electron chi connectivity index (χ4n) is 7.44. The highest BCUT2D eigenvalue weighted by Gasteiger charge is 2.26. The molecule has 61 heavy (non-hydrogen) atoms. The van der Waals surface area contributed by atoms with Crippen LogP contribution in [0, 0.1) is 11.3 Å². The number of carboxylic acid groups (broad SMARTS) is 1. The average molecular weight is 1090 g/mol. The van der Waals surface area contributed by atoms with E-state index in [4.69, 9.17) is 0 Å². The molecule has 0 fully saturated rings. The molecule has 0 amide bonds. The molecule has 0 bridgehead atoms. The van der Waals surface area contributed by atoms with Crippen LogP contribution in [-0.4, -0.2) is 11.1 Å². The van der Waals surface area contributed by atoms with E-state index in [0.29, 0.717) is 9.35 Å². The van der Waals surface area contributed by atoms with Crippen molar-refractivity contribution < 1.29 is 9.90 Å². The molecule has 0 unspecified atom stereocenters. The van der Waals surface area contributed by atoms with Crippen LogP contribution >= 0.6 is 86.4 Å². The number of rotatable bonds is 10. The maximum atomic E-state index is 11.8. The number of nitriles is 1. The number of fused-ring (bicyclic) bond motifs is 2. The number of thiophene rings is 2. The standard InChI is InChI=1S/C50H29Br4N3O2S2/c51-43-42(27-33(29-55)50(58)59)60-48(44(43)52)49-46(54)45(53)47(61-49)32-25-36(56(34-17-3-1-4-18-34)40-23-11-15-30-13-7-9-21-38(30)40)28-37(26-32)57(35-19-5-2-6-20-35)41-24-12-16-31-14-8-10-22-39(31)41/h1-28H,(H,58,59)/b33-27-. The maximum absolute atomic E-state index is 11.8.